The van der Waals surface area contributed by atoms with Crippen molar-refractivity contribution in [2.75, 3.05) is 5.32 Å². The Balaban J connectivity index is 1.53. The topological polar surface area (TPSA) is 112 Å². The van der Waals surface area contributed by atoms with Crippen LogP contribution in [0.2, 0.25) is 0 Å². The number of benzene rings is 1. The van der Waals surface area contributed by atoms with Gasteiger partial charge in [-0.05, 0) is 28.1 Å². The van der Waals surface area contributed by atoms with Crippen LogP contribution in [0.25, 0.3) is 0 Å². The number of hydrogen-bond acceptors (Lipinski definition) is 6. The van der Waals surface area contributed by atoms with Gasteiger partial charge in [0.25, 0.3) is 0 Å². The van der Waals surface area contributed by atoms with Crippen molar-refractivity contribution in [3.8, 4) is 5.75 Å². The van der Waals surface area contributed by atoms with Crippen LogP contribution in [0.5, 0.6) is 5.75 Å². The van der Waals surface area contributed by atoms with E-state index in [0.717, 1.165) is 5.56 Å². The van der Waals surface area contributed by atoms with Gasteiger partial charge in [-0.1, -0.05) is 12.1 Å². The molecule has 0 aliphatic rings. The fourth-order valence-electron chi connectivity index (χ4n) is 2.57. The number of aryl methyl sites for hydroxylation is 2. The lowest BCUT2D eigenvalue weighted by atomic mass is 10.2. The first-order valence-corrected chi connectivity index (χ1v) is 8.61. The lowest BCUT2D eigenvalue weighted by Crippen LogP contribution is -2.14. The van der Waals surface area contributed by atoms with Crippen LogP contribution >= 0.6 is 0 Å². The van der Waals surface area contributed by atoms with Gasteiger partial charge in [0, 0.05) is 49.6 Å². The molecule has 0 saturated heterocycles. The predicted octanol–water partition coefficient (Wildman–Crippen LogP) is 3.10. The summed E-state index contributed by atoms with van der Waals surface area (Å²) in [4.78, 5) is 30.3. The Morgan fingerprint density at radius 1 is 1.32 bits per heavy atom. The summed E-state index contributed by atoms with van der Waals surface area (Å²) in [5, 5.41) is 13.6. The number of pyridine rings is 1. The molecule has 28 heavy (non-hydrogen) atoms. The average Bonchev–Trinajstić information content (AvgIpc) is 3.07. The fourth-order valence-corrected chi connectivity index (χ4v) is 2.57. The minimum absolute atomic E-state index is 0.162. The van der Waals surface area contributed by atoms with E-state index in [0.29, 0.717) is 30.4 Å². The highest BCUT2D eigenvalue weighted by Crippen LogP contribution is 2.19. The van der Waals surface area contributed by atoms with E-state index < -0.39 is 4.92 Å². The van der Waals surface area contributed by atoms with Gasteiger partial charge in [-0.3, -0.25) is 9.78 Å². The summed E-state index contributed by atoms with van der Waals surface area (Å²) in [7, 11) is 0. The highest BCUT2D eigenvalue weighted by molar-refractivity contribution is 5.90. The van der Waals surface area contributed by atoms with Gasteiger partial charge < -0.3 is 24.7 Å². The van der Waals surface area contributed by atoms with E-state index in [1.807, 2.05) is 12.1 Å². The largest absolute Gasteiger partial charge is 0.489 e. The normalized spacial score (nSPS) is 10.5. The fraction of sp³-hybridized carbons (Fsp3) is 0.211. The van der Waals surface area contributed by atoms with E-state index in [-0.39, 0.29) is 18.1 Å². The number of carbonyl (C=O) groups is 1. The minimum atomic E-state index is -0.555. The molecular weight excluding hydrogens is 362 g/mol. The summed E-state index contributed by atoms with van der Waals surface area (Å²) in [5.74, 6) is 0.685. The highest BCUT2D eigenvalue weighted by atomic mass is 16.6. The van der Waals surface area contributed by atoms with E-state index in [1.54, 1.807) is 48.1 Å². The number of aromatic nitrogens is 3. The molecule has 1 N–H and O–H groups in total. The third-order valence-electron chi connectivity index (χ3n) is 3.98. The van der Waals surface area contributed by atoms with Crippen molar-refractivity contribution < 1.29 is 14.5 Å². The molecule has 9 nitrogen and oxygen atoms in total. The third-order valence-corrected chi connectivity index (χ3v) is 3.98. The molecule has 0 radical (unpaired) electrons. The minimum Gasteiger partial charge on any atom is -0.489 e. The average molecular weight is 381 g/mol. The van der Waals surface area contributed by atoms with Gasteiger partial charge >= 0.3 is 5.82 Å². The van der Waals surface area contributed by atoms with Gasteiger partial charge in [0.2, 0.25) is 11.7 Å². The monoisotopic (exact) mass is 381 g/mol. The number of nitrogens with one attached hydrogen (secondary N) is 1. The summed E-state index contributed by atoms with van der Waals surface area (Å²) < 4.78 is 7.31. The molecule has 0 saturated carbocycles. The standard InChI is InChI=1S/C19H19N5O4/c1-14-21-18(24(26)27)12-23(14)9-7-19(25)22-16-5-2-6-17(10-16)28-13-15-4-3-8-20-11-15/h2-6,8,10-12H,7,9,13H2,1H3,(H,22,25). The number of rotatable bonds is 8. The van der Waals surface area contributed by atoms with Gasteiger partial charge in [0.15, 0.2) is 0 Å². The van der Waals surface area contributed by atoms with Gasteiger partial charge in [0.1, 0.15) is 18.6 Å². The second-order valence-electron chi connectivity index (χ2n) is 6.07. The predicted molar refractivity (Wildman–Crippen MR) is 102 cm³/mol. The maximum atomic E-state index is 12.2. The number of anilines is 1. The first-order valence-electron chi connectivity index (χ1n) is 8.61. The van der Waals surface area contributed by atoms with Crippen molar-refractivity contribution >= 4 is 17.4 Å². The number of amides is 1. The third kappa shape index (κ3) is 5.13. The van der Waals surface area contributed by atoms with Crippen LogP contribution in [0.1, 0.15) is 17.8 Å². The van der Waals surface area contributed by atoms with Crippen molar-refractivity contribution in [1.82, 2.24) is 14.5 Å². The number of nitrogens with zero attached hydrogens (tertiary/aromatic N) is 4. The van der Waals surface area contributed by atoms with Gasteiger partial charge in [0.05, 0.1) is 0 Å². The molecule has 3 rings (SSSR count). The molecule has 0 bridgehead atoms. The van der Waals surface area contributed by atoms with E-state index >= 15 is 0 Å². The molecule has 0 spiro atoms. The molecular formula is C19H19N5O4. The Morgan fingerprint density at radius 3 is 2.89 bits per heavy atom. The van der Waals surface area contributed by atoms with Crippen LogP contribution in [-0.2, 0) is 17.9 Å². The Bertz CT molecular complexity index is 971. The van der Waals surface area contributed by atoms with E-state index in [9.17, 15) is 14.9 Å². The SMILES string of the molecule is Cc1nc([N+](=O)[O-])cn1CCC(=O)Nc1cccc(OCc2cccnc2)c1. The number of nitro groups is 1. The van der Waals surface area contributed by atoms with E-state index in [2.05, 4.69) is 15.3 Å². The lowest BCUT2D eigenvalue weighted by molar-refractivity contribution is -0.389. The van der Waals surface area contributed by atoms with Gasteiger partial charge in [-0.15, -0.1) is 0 Å². The Labute approximate surface area is 161 Å². The van der Waals surface area contributed by atoms with Crippen LogP contribution in [0.15, 0.2) is 55.0 Å². The van der Waals surface area contributed by atoms with E-state index in [4.69, 9.17) is 4.74 Å². The molecule has 2 heterocycles. The van der Waals surface area contributed by atoms with Crippen molar-refractivity contribution in [3.05, 3.63) is 76.5 Å². The van der Waals surface area contributed by atoms with Crippen LogP contribution in [0.4, 0.5) is 11.5 Å². The zero-order valence-corrected chi connectivity index (χ0v) is 15.2. The van der Waals surface area contributed by atoms with Crippen molar-refractivity contribution in [2.24, 2.45) is 0 Å². The first-order chi connectivity index (χ1) is 13.5. The maximum absolute atomic E-state index is 12.2. The number of hydrogen-bond donors (Lipinski definition) is 1. The molecule has 0 fully saturated rings. The second kappa shape index (κ2) is 8.76. The van der Waals surface area contributed by atoms with Gasteiger partial charge in [-0.2, -0.15) is 0 Å². The molecule has 2 aromatic heterocycles. The molecule has 0 aliphatic carbocycles. The highest BCUT2D eigenvalue weighted by Gasteiger charge is 2.15. The lowest BCUT2D eigenvalue weighted by Gasteiger charge is -2.09. The molecule has 144 valence electrons. The quantitative estimate of drug-likeness (QED) is 0.474. The van der Waals surface area contributed by atoms with Gasteiger partial charge in [-0.25, -0.2) is 0 Å². The summed E-state index contributed by atoms with van der Waals surface area (Å²) in [5.41, 5.74) is 1.56. The Kier molecular flexibility index (Phi) is 5.95. The van der Waals surface area contributed by atoms with Crippen LogP contribution < -0.4 is 10.1 Å². The summed E-state index contributed by atoms with van der Waals surface area (Å²) in [6, 6.07) is 10.9. The van der Waals surface area contributed by atoms with Crippen molar-refractivity contribution in [3.63, 3.8) is 0 Å². The molecule has 0 unspecified atom stereocenters. The molecule has 3 aromatic rings. The first kappa shape index (κ1) is 19.0. The number of imidazole rings is 1. The summed E-state index contributed by atoms with van der Waals surface area (Å²) in [6.07, 6.45) is 4.92. The molecule has 1 amide bonds. The number of ether oxygens (including phenoxy) is 1. The zero-order chi connectivity index (χ0) is 19.9. The van der Waals surface area contributed by atoms with Crippen molar-refractivity contribution in [2.45, 2.75) is 26.5 Å². The zero-order valence-electron chi connectivity index (χ0n) is 15.2. The Morgan fingerprint density at radius 2 is 2.18 bits per heavy atom. The molecule has 0 aliphatic heterocycles. The maximum Gasteiger partial charge on any atom is 0.381 e. The molecule has 9 heteroatoms. The summed E-state index contributed by atoms with van der Waals surface area (Å²) >= 11 is 0. The molecule has 1 aromatic carbocycles. The smallest absolute Gasteiger partial charge is 0.381 e. The number of carbonyl (C=O) groups excluding carboxylic acids is 1. The van der Waals surface area contributed by atoms with Crippen LogP contribution in [0, 0.1) is 17.0 Å². The van der Waals surface area contributed by atoms with E-state index in [1.165, 1.54) is 6.20 Å². The Hall–Kier alpha value is -3.75. The second-order valence-corrected chi connectivity index (χ2v) is 6.07. The van der Waals surface area contributed by atoms with Crippen LogP contribution in [0.3, 0.4) is 0 Å². The van der Waals surface area contributed by atoms with Crippen LogP contribution in [-0.4, -0.2) is 25.4 Å². The molecule has 0 atom stereocenters. The summed E-state index contributed by atoms with van der Waals surface area (Å²) in [6.45, 7) is 2.34. The van der Waals surface area contributed by atoms with Crippen molar-refractivity contribution in [1.29, 1.82) is 0 Å².